The molecule has 80 valence electrons. The van der Waals surface area contributed by atoms with Crippen LogP contribution in [-0.4, -0.2) is 21.8 Å². The fourth-order valence-corrected chi connectivity index (χ4v) is 2.84. The maximum atomic E-state index is 10.8. The highest BCUT2D eigenvalue weighted by molar-refractivity contribution is 7.92. The highest BCUT2D eigenvalue weighted by Gasteiger charge is 2.32. The summed E-state index contributed by atoms with van der Waals surface area (Å²) in [6, 6.07) is 0. The van der Waals surface area contributed by atoms with Crippen molar-refractivity contribution in [3.8, 4) is 0 Å². The Morgan fingerprint density at radius 1 is 1.36 bits per heavy atom. The first-order valence-electron chi connectivity index (χ1n) is 5.53. The van der Waals surface area contributed by atoms with Gasteiger partial charge in [0.15, 0.2) is 0 Å². The minimum atomic E-state index is -0.508. The summed E-state index contributed by atoms with van der Waals surface area (Å²) in [6.07, 6.45) is 9.37. The van der Waals surface area contributed by atoms with E-state index in [-0.39, 0.29) is 0 Å². The Labute approximate surface area is 88.2 Å². The van der Waals surface area contributed by atoms with Crippen LogP contribution < -0.4 is 0 Å². The Hall–Kier alpha value is -0.310. The number of allylic oxidation sites excluding steroid dienone is 1. The molecule has 1 aliphatic carbocycles. The zero-order valence-electron chi connectivity index (χ0n) is 8.54. The standard InChI is InChI=1S/C11H18O2S/c12-14-9-11(14)6-7-13-8-10-4-2-1-3-5-10/h8,11H,1-7,9H2. The smallest absolute Gasteiger partial charge is 0.0885 e. The van der Waals surface area contributed by atoms with E-state index < -0.39 is 10.8 Å². The van der Waals surface area contributed by atoms with E-state index in [0.29, 0.717) is 5.25 Å². The molecule has 2 rings (SSSR count). The fourth-order valence-electron chi connectivity index (χ4n) is 1.86. The van der Waals surface area contributed by atoms with Gasteiger partial charge < -0.3 is 4.74 Å². The van der Waals surface area contributed by atoms with Crippen molar-refractivity contribution in [1.82, 2.24) is 0 Å². The quantitative estimate of drug-likeness (QED) is 0.408. The Kier molecular flexibility index (Phi) is 3.62. The van der Waals surface area contributed by atoms with Crippen molar-refractivity contribution in [2.24, 2.45) is 0 Å². The fraction of sp³-hybridized carbons (Fsp3) is 0.818. The maximum absolute atomic E-state index is 10.8. The van der Waals surface area contributed by atoms with E-state index in [9.17, 15) is 4.21 Å². The van der Waals surface area contributed by atoms with E-state index in [1.807, 2.05) is 6.26 Å². The molecule has 1 aliphatic heterocycles. The summed E-state index contributed by atoms with van der Waals surface area (Å²) in [4.78, 5) is 0. The van der Waals surface area contributed by atoms with Crippen LogP contribution in [0.1, 0.15) is 38.5 Å². The third kappa shape index (κ3) is 3.12. The van der Waals surface area contributed by atoms with Crippen LogP contribution in [-0.2, 0) is 15.5 Å². The predicted molar refractivity (Wildman–Crippen MR) is 58.5 cm³/mol. The average molecular weight is 214 g/mol. The molecule has 0 amide bonds. The second-order valence-electron chi connectivity index (χ2n) is 4.17. The molecule has 2 fully saturated rings. The van der Waals surface area contributed by atoms with Gasteiger partial charge in [-0.2, -0.15) is 0 Å². The Morgan fingerprint density at radius 3 is 2.71 bits per heavy atom. The Balaban J connectivity index is 1.58. The molecule has 0 aromatic heterocycles. The zero-order chi connectivity index (χ0) is 9.80. The molecule has 0 radical (unpaired) electrons. The minimum absolute atomic E-state index is 0.444. The van der Waals surface area contributed by atoms with Crippen LogP contribution in [0.15, 0.2) is 11.8 Å². The summed E-state index contributed by atoms with van der Waals surface area (Å²) < 4.78 is 16.3. The highest BCUT2D eigenvalue weighted by atomic mass is 32.2. The molecule has 2 unspecified atom stereocenters. The molecule has 2 aliphatic rings. The van der Waals surface area contributed by atoms with E-state index in [1.165, 1.54) is 37.7 Å². The first kappa shape index (κ1) is 10.2. The van der Waals surface area contributed by atoms with Gasteiger partial charge in [0.1, 0.15) is 0 Å². The monoisotopic (exact) mass is 214 g/mol. The molecular weight excluding hydrogens is 196 g/mol. The second kappa shape index (κ2) is 4.96. The molecule has 0 bridgehead atoms. The lowest BCUT2D eigenvalue weighted by atomic mass is 9.96. The third-order valence-corrected chi connectivity index (χ3v) is 4.36. The number of hydrogen-bond acceptors (Lipinski definition) is 2. The SMILES string of the molecule is O=S1CC1CCOC=C1CCCCC1. The highest BCUT2D eigenvalue weighted by Crippen LogP contribution is 2.23. The van der Waals surface area contributed by atoms with Crippen LogP contribution in [0.3, 0.4) is 0 Å². The Morgan fingerprint density at radius 2 is 2.07 bits per heavy atom. The topological polar surface area (TPSA) is 26.3 Å². The molecule has 1 saturated heterocycles. The normalized spacial score (nSPS) is 31.3. The van der Waals surface area contributed by atoms with Gasteiger partial charge in [-0.1, -0.05) is 6.42 Å². The van der Waals surface area contributed by atoms with Gasteiger partial charge in [-0.15, -0.1) is 0 Å². The van der Waals surface area contributed by atoms with Crippen molar-refractivity contribution in [1.29, 1.82) is 0 Å². The number of ether oxygens (including phenoxy) is 1. The molecule has 2 nitrogen and oxygen atoms in total. The Bertz CT molecular complexity index is 240. The molecule has 0 aromatic carbocycles. The van der Waals surface area contributed by atoms with E-state index >= 15 is 0 Å². The lowest BCUT2D eigenvalue weighted by Crippen LogP contribution is -1.98. The lowest BCUT2D eigenvalue weighted by molar-refractivity contribution is 0.241. The van der Waals surface area contributed by atoms with Gasteiger partial charge in [0.25, 0.3) is 0 Å². The van der Waals surface area contributed by atoms with Gasteiger partial charge in [-0.25, -0.2) is 0 Å². The van der Waals surface area contributed by atoms with E-state index in [4.69, 9.17) is 4.74 Å². The minimum Gasteiger partial charge on any atom is -0.501 e. The van der Waals surface area contributed by atoms with Crippen LogP contribution in [0.4, 0.5) is 0 Å². The van der Waals surface area contributed by atoms with Crippen LogP contribution in [0.2, 0.25) is 0 Å². The molecular formula is C11H18O2S. The summed E-state index contributed by atoms with van der Waals surface area (Å²) in [5.41, 5.74) is 1.47. The van der Waals surface area contributed by atoms with Crippen molar-refractivity contribution < 1.29 is 8.95 Å². The van der Waals surface area contributed by atoms with Gasteiger partial charge in [0.05, 0.1) is 12.9 Å². The third-order valence-electron chi connectivity index (χ3n) is 2.91. The van der Waals surface area contributed by atoms with Gasteiger partial charge >= 0.3 is 0 Å². The molecule has 0 spiro atoms. The van der Waals surface area contributed by atoms with Crippen molar-refractivity contribution in [2.45, 2.75) is 43.8 Å². The van der Waals surface area contributed by atoms with Crippen LogP contribution in [0.25, 0.3) is 0 Å². The van der Waals surface area contributed by atoms with Gasteiger partial charge in [0, 0.05) is 21.8 Å². The second-order valence-corrected chi connectivity index (χ2v) is 5.93. The summed E-state index contributed by atoms with van der Waals surface area (Å²) in [5, 5.41) is 0.444. The van der Waals surface area contributed by atoms with E-state index in [0.717, 1.165) is 18.8 Å². The largest absolute Gasteiger partial charge is 0.501 e. The first-order chi connectivity index (χ1) is 6.86. The van der Waals surface area contributed by atoms with Crippen molar-refractivity contribution in [2.75, 3.05) is 12.4 Å². The predicted octanol–water partition coefficient (Wildman–Crippen LogP) is 2.37. The molecule has 14 heavy (non-hydrogen) atoms. The molecule has 1 saturated carbocycles. The summed E-state index contributed by atoms with van der Waals surface area (Å²) >= 11 is 0. The lowest BCUT2D eigenvalue weighted by Gasteiger charge is -2.13. The molecule has 0 N–H and O–H groups in total. The van der Waals surface area contributed by atoms with Crippen LogP contribution in [0, 0.1) is 0 Å². The molecule has 2 atom stereocenters. The average Bonchev–Trinajstić information content (AvgIpc) is 2.91. The summed E-state index contributed by atoms with van der Waals surface area (Å²) in [6.45, 7) is 0.750. The maximum Gasteiger partial charge on any atom is 0.0885 e. The van der Waals surface area contributed by atoms with Gasteiger partial charge in [0.2, 0.25) is 0 Å². The van der Waals surface area contributed by atoms with Crippen molar-refractivity contribution in [3.05, 3.63) is 11.8 Å². The first-order valence-corrected chi connectivity index (χ1v) is 6.91. The van der Waals surface area contributed by atoms with Crippen molar-refractivity contribution in [3.63, 3.8) is 0 Å². The summed E-state index contributed by atoms with van der Waals surface area (Å²) in [7, 11) is -0.508. The molecule has 0 aromatic rings. The van der Waals surface area contributed by atoms with Gasteiger partial charge in [-0.3, -0.25) is 4.21 Å². The van der Waals surface area contributed by atoms with Crippen LogP contribution >= 0.6 is 0 Å². The molecule has 1 heterocycles. The zero-order valence-corrected chi connectivity index (χ0v) is 9.35. The molecule has 3 heteroatoms. The van der Waals surface area contributed by atoms with E-state index in [1.54, 1.807) is 0 Å². The summed E-state index contributed by atoms with van der Waals surface area (Å²) in [5.74, 6) is 0.903. The van der Waals surface area contributed by atoms with Crippen molar-refractivity contribution >= 4 is 10.8 Å². The van der Waals surface area contributed by atoms with Crippen LogP contribution in [0.5, 0.6) is 0 Å². The number of hydrogen-bond donors (Lipinski definition) is 0. The number of rotatable bonds is 4. The van der Waals surface area contributed by atoms with E-state index in [2.05, 4.69) is 0 Å². The van der Waals surface area contributed by atoms with Gasteiger partial charge in [-0.05, 0) is 37.7 Å².